The second-order valence-corrected chi connectivity index (χ2v) is 3.14. The van der Waals surface area contributed by atoms with Crippen molar-refractivity contribution in [2.24, 2.45) is 0 Å². The van der Waals surface area contributed by atoms with Crippen LogP contribution in [0.25, 0.3) is 0 Å². The molecule has 0 aliphatic heterocycles. The maximum absolute atomic E-state index is 10.8. The van der Waals surface area contributed by atoms with Crippen molar-refractivity contribution >= 4 is 11.9 Å². The molecule has 2 N–H and O–H groups in total. The number of nitrogens with zero attached hydrogens (tertiary/aromatic N) is 3. The molecule has 0 spiro atoms. The van der Waals surface area contributed by atoms with Crippen molar-refractivity contribution in [3.05, 3.63) is 11.4 Å². The number of anilines is 1. The van der Waals surface area contributed by atoms with Gasteiger partial charge in [0.2, 0.25) is 5.95 Å². The number of nitrogens with one attached hydrogen (secondary N) is 2. The van der Waals surface area contributed by atoms with Crippen LogP contribution in [0.4, 0.5) is 5.95 Å². The molecule has 0 aliphatic carbocycles. The summed E-state index contributed by atoms with van der Waals surface area (Å²) in [5.74, 6) is 0.0737. The van der Waals surface area contributed by atoms with Crippen molar-refractivity contribution in [2.45, 2.75) is 12.8 Å². The molecule has 0 aliphatic rings. The highest BCUT2D eigenvalue weighted by atomic mass is 16.5. The second-order valence-electron chi connectivity index (χ2n) is 3.14. The Morgan fingerprint density at radius 1 is 1.53 bits per heavy atom. The summed E-state index contributed by atoms with van der Waals surface area (Å²) >= 11 is 0. The summed E-state index contributed by atoms with van der Waals surface area (Å²) in [6, 6.07) is 3.64. The number of rotatable bonds is 5. The molecule has 1 rings (SSSR count). The van der Waals surface area contributed by atoms with Crippen LogP contribution in [-0.2, 0) is 9.53 Å². The number of aromatic amines is 1. The van der Waals surface area contributed by atoms with Crippen LogP contribution in [0.5, 0.6) is 0 Å². The number of imidazole rings is 1. The van der Waals surface area contributed by atoms with E-state index in [1.165, 1.54) is 7.11 Å². The van der Waals surface area contributed by atoms with Gasteiger partial charge in [0.1, 0.15) is 12.1 Å². The summed E-state index contributed by atoms with van der Waals surface area (Å²) in [5.41, 5.74) is 0.186. The van der Waals surface area contributed by atoms with E-state index in [1.807, 2.05) is 6.07 Å². The highest BCUT2D eigenvalue weighted by Gasteiger charge is 2.08. The molecule has 0 amide bonds. The van der Waals surface area contributed by atoms with Crippen LogP contribution >= 0.6 is 0 Å². The first-order chi connectivity index (χ1) is 8.21. The molecular weight excluding hydrogens is 222 g/mol. The smallest absolute Gasteiger partial charge is 0.305 e. The van der Waals surface area contributed by atoms with Gasteiger partial charge in [-0.15, -0.1) is 0 Å². The van der Waals surface area contributed by atoms with Gasteiger partial charge >= 0.3 is 5.97 Å². The van der Waals surface area contributed by atoms with Gasteiger partial charge in [0.15, 0.2) is 11.4 Å². The van der Waals surface area contributed by atoms with Crippen LogP contribution in [0.3, 0.4) is 0 Å². The van der Waals surface area contributed by atoms with E-state index >= 15 is 0 Å². The molecule has 0 aromatic carbocycles. The van der Waals surface area contributed by atoms with Crippen LogP contribution in [0.1, 0.15) is 24.2 Å². The number of hydrogen-bond donors (Lipinski definition) is 2. The number of ether oxygens (including phenoxy) is 1. The van der Waals surface area contributed by atoms with E-state index in [4.69, 9.17) is 10.5 Å². The van der Waals surface area contributed by atoms with Gasteiger partial charge in [0, 0.05) is 13.0 Å². The third-order valence-electron chi connectivity index (χ3n) is 2.00. The normalized spacial score (nSPS) is 9.12. The van der Waals surface area contributed by atoms with Crippen molar-refractivity contribution in [2.75, 3.05) is 19.0 Å². The highest BCUT2D eigenvalue weighted by molar-refractivity contribution is 5.69. The van der Waals surface area contributed by atoms with Gasteiger partial charge in [-0.25, -0.2) is 4.98 Å². The Morgan fingerprint density at radius 2 is 2.29 bits per heavy atom. The minimum Gasteiger partial charge on any atom is -0.469 e. The molecule has 0 unspecified atom stereocenters. The number of carbonyl (C=O) groups is 1. The van der Waals surface area contributed by atoms with E-state index in [0.29, 0.717) is 25.3 Å². The van der Waals surface area contributed by atoms with Gasteiger partial charge in [-0.05, 0) is 6.42 Å². The number of esters is 1. The number of carbonyl (C=O) groups excluding carboxylic acids is 1. The molecule has 7 nitrogen and oxygen atoms in total. The third-order valence-corrected chi connectivity index (χ3v) is 2.00. The van der Waals surface area contributed by atoms with Crippen LogP contribution < -0.4 is 5.32 Å². The fraction of sp³-hybridized carbons (Fsp3) is 0.400. The fourth-order valence-corrected chi connectivity index (χ4v) is 1.16. The van der Waals surface area contributed by atoms with Crippen molar-refractivity contribution in [1.82, 2.24) is 9.97 Å². The Balaban J connectivity index is 2.43. The van der Waals surface area contributed by atoms with E-state index in [-0.39, 0.29) is 17.4 Å². The second kappa shape index (κ2) is 6.13. The van der Waals surface area contributed by atoms with Gasteiger partial charge < -0.3 is 15.0 Å². The number of H-pyrrole nitrogens is 1. The van der Waals surface area contributed by atoms with E-state index < -0.39 is 0 Å². The lowest BCUT2D eigenvalue weighted by Gasteiger charge is -2.01. The van der Waals surface area contributed by atoms with Crippen molar-refractivity contribution in [3.63, 3.8) is 0 Å². The number of methoxy groups -OCH3 is 1. The maximum atomic E-state index is 10.8. The lowest BCUT2D eigenvalue weighted by Crippen LogP contribution is -2.07. The zero-order chi connectivity index (χ0) is 12.7. The summed E-state index contributed by atoms with van der Waals surface area (Å²) in [6.45, 7) is 0.498. The lowest BCUT2D eigenvalue weighted by molar-refractivity contribution is -0.140. The average Bonchev–Trinajstić information content (AvgIpc) is 2.76. The quantitative estimate of drug-likeness (QED) is 0.565. The van der Waals surface area contributed by atoms with E-state index in [2.05, 4.69) is 20.0 Å². The number of aromatic nitrogens is 2. The van der Waals surface area contributed by atoms with Gasteiger partial charge in [-0.2, -0.15) is 10.5 Å². The molecule has 88 valence electrons. The molecule has 1 aromatic rings. The molecule has 1 heterocycles. The summed E-state index contributed by atoms with van der Waals surface area (Å²) in [6.07, 6.45) is 0.886. The first-order valence-electron chi connectivity index (χ1n) is 4.92. The SMILES string of the molecule is COC(=O)CCCNc1nc(C#N)c(C#N)[nH]1. The predicted molar refractivity (Wildman–Crippen MR) is 57.8 cm³/mol. The Kier molecular flexibility index (Phi) is 4.52. The summed E-state index contributed by atoms with van der Waals surface area (Å²) in [7, 11) is 1.33. The summed E-state index contributed by atoms with van der Waals surface area (Å²) in [5, 5.41) is 20.2. The van der Waals surface area contributed by atoms with Crippen molar-refractivity contribution in [1.29, 1.82) is 10.5 Å². The first kappa shape index (κ1) is 12.5. The number of nitriles is 2. The zero-order valence-electron chi connectivity index (χ0n) is 9.28. The zero-order valence-corrected chi connectivity index (χ0v) is 9.28. The van der Waals surface area contributed by atoms with Crippen LogP contribution in [-0.4, -0.2) is 29.6 Å². The maximum Gasteiger partial charge on any atom is 0.305 e. The monoisotopic (exact) mass is 233 g/mol. The average molecular weight is 233 g/mol. The van der Waals surface area contributed by atoms with Gasteiger partial charge in [-0.3, -0.25) is 4.79 Å². The van der Waals surface area contributed by atoms with Crippen LogP contribution in [0, 0.1) is 22.7 Å². The topological polar surface area (TPSA) is 115 Å². The van der Waals surface area contributed by atoms with E-state index in [1.54, 1.807) is 6.07 Å². The molecule has 0 saturated carbocycles. The van der Waals surface area contributed by atoms with Gasteiger partial charge in [0.25, 0.3) is 0 Å². The van der Waals surface area contributed by atoms with E-state index in [0.717, 1.165) is 0 Å². The third kappa shape index (κ3) is 3.50. The molecule has 0 bridgehead atoms. The fourth-order valence-electron chi connectivity index (χ4n) is 1.16. The Hall–Kier alpha value is -2.54. The predicted octanol–water partition coefficient (Wildman–Crippen LogP) is 0.518. The lowest BCUT2D eigenvalue weighted by atomic mass is 10.3. The first-order valence-corrected chi connectivity index (χ1v) is 4.92. The molecule has 17 heavy (non-hydrogen) atoms. The molecular formula is C10H11N5O2. The van der Waals surface area contributed by atoms with Crippen LogP contribution in [0.2, 0.25) is 0 Å². The Labute approximate surface area is 98.0 Å². The van der Waals surface area contributed by atoms with E-state index in [9.17, 15) is 4.79 Å². The van der Waals surface area contributed by atoms with Crippen LogP contribution in [0.15, 0.2) is 0 Å². The van der Waals surface area contributed by atoms with Gasteiger partial charge in [-0.1, -0.05) is 0 Å². The molecule has 1 aromatic heterocycles. The van der Waals surface area contributed by atoms with Gasteiger partial charge in [0.05, 0.1) is 7.11 Å². The molecule has 0 atom stereocenters. The molecule has 7 heteroatoms. The number of hydrogen-bond acceptors (Lipinski definition) is 6. The van der Waals surface area contributed by atoms with Crippen molar-refractivity contribution < 1.29 is 9.53 Å². The molecule has 0 saturated heterocycles. The minimum atomic E-state index is -0.276. The van der Waals surface area contributed by atoms with Crippen molar-refractivity contribution in [3.8, 4) is 12.1 Å². The highest BCUT2D eigenvalue weighted by Crippen LogP contribution is 2.07. The Morgan fingerprint density at radius 3 is 2.82 bits per heavy atom. The Bertz CT molecular complexity index is 448. The summed E-state index contributed by atoms with van der Waals surface area (Å²) < 4.78 is 4.48. The standard InChI is InChI=1S/C10H11N5O2/c1-17-9(16)3-2-4-13-10-14-7(5-11)8(6-12)15-10/h2-4H2,1H3,(H2,13,14,15). The minimum absolute atomic E-state index is 0.0583. The largest absolute Gasteiger partial charge is 0.469 e. The summed E-state index contributed by atoms with van der Waals surface area (Å²) in [4.78, 5) is 17.3. The molecule has 0 radical (unpaired) electrons. The molecule has 0 fully saturated rings.